The Hall–Kier alpha value is -3.02. The van der Waals surface area contributed by atoms with Crippen LogP contribution in [0.3, 0.4) is 0 Å². The van der Waals surface area contributed by atoms with Gasteiger partial charge in [0.15, 0.2) is 0 Å². The van der Waals surface area contributed by atoms with Gasteiger partial charge in [0.1, 0.15) is 9.32 Å². The number of carbonyl (C=O) groups is 4. The monoisotopic (exact) mass is 571 g/mol. The SMILES string of the molecule is COC(=O)c1ccc(C=C2SC(=S)N(CCCCCC(=O)Nc3sc4c(c3C(N)=O)CCCC4)C2=O)cc1. The molecule has 11 heteroatoms. The van der Waals surface area contributed by atoms with Crippen molar-refractivity contribution in [2.24, 2.45) is 5.73 Å². The Morgan fingerprint density at radius 3 is 2.58 bits per heavy atom. The molecule has 1 aromatic heterocycles. The molecular weight excluding hydrogens is 543 g/mol. The van der Waals surface area contributed by atoms with E-state index < -0.39 is 11.9 Å². The highest BCUT2D eigenvalue weighted by molar-refractivity contribution is 8.26. The van der Waals surface area contributed by atoms with Crippen molar-refractivity contribution in [3.05, 3.63) is 56.3 Å². The Morgan fingerprint density at radius 2 is 1.87 bits per heavy atom. The molecule has 0 atom stereocenters. The van der Waals surface area contributed by atoms with E-state index in [2.05, 4.69) is 5.32 Å². The number of primary amides is 1. The quantitative estimate of drug-likeness (QED) is 0.180. The minimum Gasteiger partial charge on any atom is -0.465 e. The second-order valence-electron chi connectivity index (χ2n) is 9.09. The molecule has 1 fully saturated rings. The largest absolute Gasteiger partial charge is 0.465 e. The first kappa shape index (κ1) is 28.0. The highest BCUT2D eigenvalue weighted by atomic mass is 32.2. The topological polar surface area (TPSA) is 119 Å². The summed E-state index contributed by atoms with van der Waals surface area (Å²) in [7, 11) is 1.33. The zero-order valence-electron chi connectivity index (χ0n) is 21.0. The number of nitrogens with zero attached hydrogens (tertiary/aromatic N) is 1. The number of rotatable bonds is 10. The first-order valence-corrected chi connectivity index (χ1v) is 14.5. The van der Waals surface area contributed by atoms with Gasteiger partial charge in [-0.05, 0) is 67.9 Å². The van der Waals surface area contributed by atoms with E-state index in [-0.39, 0.29) is 11.8 Å². The number of amides is 3. The van der Waals surface area contributed by atoms with Crippen LogP contribution in [0.2, 0.25) is 0 Å². The van der Waals surface area contributed by atoms with E-state index in [1.165, 1.54) is 30.2 Å². The van der Waals surface area contributed by atoms with Crippen molar-refractivity contribution in [3.63, 3.8) is 0 Å². The molecule has 0 bridgehead atoms. The number of ether oxygens (including phenoxy) is 1. The maximum absolute atomic E-state index is 12.9. The van der Waals surface area contributed by atoms with E-state index >= 15 is 0 Å². The van der Waals surface area contributed by atoms with Crippen molar-refractivity contribution in [1.82, 2.24) is 4.90 Å². The summed E-state index contributed by atoms with van der Waals surface area (Å²) < 4.78 is 5.21. The smallest absolute Gasteiger partial charge is 0.337 e. The van der Waals surface area contributed by atoms with Crippen LogP contribution in [-0.2, 0) is 27.2 Å². The molecule has 2 heterocycles. The van der Waals surface area contributed by atoms with Gasteiger partial charge in [0.05, 0.1) is 23.1 Å². The standard InChI is InChI=1S/C27H29N3O5S3/c1-35-26(34)17-12-10-16(11-13-17)15-20-25(33)30(27(36)38-20)14-6-2-3-9-21(31)29-24-22(23(28)32)18-7-4-5-8-19(18)37-24/h10-13,15H,2-9,14H2,1H3,(H2,28,32)(H,29,31). The van der Waals surface area contributed by atoms with Crippen LogP contribution in [0.4, 0.5) is 5.00 Å². The molecular formula is C27H29N3O5S3. The van der Waals surface area contributed by atoms with Gasteiger partial charge in [-0.25, -0.2) is 4.79 Å². The number of esters is 1. The van der Waals surface area contributed by atoms with Crippen LogP contribution in [0, 0.1) is 0 Å². The van der Waals surface area contributed by atoms with E-state index in [0.29, 0.717) is 51.2 Å². The summed E-state index contributed by atoms with van der Waals surface area (Å²) in [5, 5.41) is 3.46. The van der Waals surface area contributed by atoms with Gasteiger partial charge in [-0.15, -0.1) is 11.3 Å². The van der Waals surface area contributed by atoms with Crippen molar-refractivity contribution in [1.29, 1.82) is 0 Å². The second kappa shape index (κ2) is 12.7. The molecule has 0 unspecified atom stereocenters. The fraction of sp³-hybridized carbons (Fsp3) is 0.370. The van der Waals surface area contributed by atoms with Crippen LogP contribution >= 0.6 is 35.3 Å². The second-order valence-corrected chi connectivity index (χ2v) is 11.9. The molecule has 1 aliphatic carbocycles. The van der Waals surface area contributed by atoms with Gasteiger partial charge >= 0.3 is 5.97 Å². The van der Waals surface area contributed by atoms with E-state index in [1.54, 1.807) is 35.2 Å². The lowest BCUT2D eigenvalue weighted by Crippen LogP contribution is -2.29. The molecule has 3 amide bonds. The van der Waals surface area contributed by atoms with Crippen molar-refractivity contribution >= 4 is 74.4 Å². The number of methoxy groups -OCH3 is 1. The third kappa shape index (κ3) is 6.51. The maximum Gasteiger partial charge on any atom is 0.337 e. The number of thioether (sulfide) groups is 1. The summed E-state index contributed by atoms with van der Waals surface area (Å²) in [6.45, 7) is 0.481. The molecule has 0 saturated carbocycles. The van der Waals surface area contributed by atoms with Crippen LogP contribution in [-0.4, -0.2) is 46.6 Å². The van der Waals surface area contributed by atoms with E-state index in [1.807, 2.05) is 0 Å². The number of thiocarbonyl (C=S) groups is 1. The lowest BCUT2D eigenvalue weighted by Gasteiger charge is -2.14. The number of hydrogen-bond donors (Lipinski definition) is 2. The molecule has 2 aliphatic rings. The molecule has 1 aliphatic heterocycles. The zero-order chi connectivity index (χ0) is 27.2. The van der Waals surface area contributed by atoms with E-state index in [4.69, 9.17) is 22.7 Å². The Kier molecular flexibility index (Phi) is 9.35. The summed E-state index contributed by atoms with van der Waals surface area (Å²) in [6.07, 6.45) is 8.05. The molecule has 1 saturated heterocycles. The molecule has 3 N–H and O–H groups in total. The normalized spacial score (nSPS) is 16.0. The third-order valence-corrected chi connectivity index (χ3v) is 9.04. The zero-order valence-corrected chi connectivity index (χ0v) is 23.5. The van der Waals surface area contributed by atoms with Crippen LogP contribution < -0.4 is 11.1 Å². The Balaban J connectivity index is 1.23. The average molecular weight is 572 g/mol. The summed E-state index contributed by atoms with van der Waals surface area (Å²) >= 11 is 8.13. The first-order valence-electron chi connectivity index (χ1n) is 12.5. The summed E-state index contributed by atoms with van der Waals surface area (Å²) in [6, 6.07) is 6.80. The number of fused-ring (bicyclic) bond motifs is 1. The van der Waals surface area contributed by atoms with Gasteiger partial charge < -0.3 is 15.8 Å². The molecule has 0 radical (unpaired) electrons. The Labute approximate surface area is 235 Å². The van der Waals surface area contributed by atoms with Gasteiger partial charge in [-0.3, -0.25) is 19.3 Å². The predicted molar refractivity (Wildman–Crippen MR) is 154 cm³/mol. The fourth-order valence-corrected chi connectivity index (χ4v) is 7.13. The van der Waals surface area contributed by atoms with Crippen molar-refractivity contribution in [2.75, 3.05) is 19.0 Å². The van der Waals surface area contributed by atoms with Crippen LogP contribution in [0.1, 0.15) is 75.2 Å². The number of nitrogens with two attached hydrogens (primary N) is 1. The molecule has 4 rings (SSSR count). The number of aryl methyl sites for hydroxylation is 1. The Bertz CT molecular complexity index is 1300. The lowest BCUT2D eigenvalue weighted by atomic mass is 9.95. The van der Waals surface area contributed by atoms with E-state index in [9.17, 15) is 19.2 Å². The summed E-state index contributed by atoms with van der Waals surface area (Å²) in [5.41, 5.74) is 8.30. The average Bonchev–Trinajstić information content (AvgIpc) is 3.39. The highest BCUT2D eigenvalue weighted by Gasteiger charge is 2.31. The van der Waals surface area contributed by atoms with Crippen LogP contribution in [0.15, 0.2) is 29.2 Å². The van der Waals surface area contributed by atoms with Crippen molar-refractivity contribution < 1.29 is 23.9 Å². The van der Waals surface area contributed by atoms with Crippen LogP contribution in [0.5, 0.6) is 0 Å². The minimum atomic E-state index is -0.490. The third-order valence-electron chi connectivity index (χ3n) is 6.46. The molecule has 2 aromatic rings. The van der Waals surface area contributed by atoms with Crippen molar-refractivity contribution in [2.45, 2.75) is 51.4 Å². The Morgan fingerprint density at radius 1 is 1.13 bits per heavy atom. The number of hydrogen-bond acceptors (Lipinski definition) is 8. The summed E-state index contributed by atoms with van der Waals surface area (Å²) in [4.78, 5) is 52.3. The first-order chi connectivity index (χ1) is 18.3. The molecule has 38 heavy (non-hydrogen) atoms. The number of nitrogens with one attached hydrogen (secondary N) is 1. The number of anilines is 1. The number of thiophene rings is 1. The molecule has 200 valence electrons. The summed E-state index contributed by atoms with van der Waals surface area (Å²) in [5.74, 6) is -1.19. The van der Waals surface area contributed by atoms with Gasteiger partial charge in [0, 0.05) is 17.8 Å². The number of carbonyl (C=O) groups excluding carboxylic acids is 4. The highest BCUT2D eigenvalue weighted by Crippen LogP contribution is 2.38. The predicted octanol–water partition coefficient (Wildman–Crippen LogP) is 4.91. The van der Waals surface area contributed by atoms with Crippen LogP contribution in [0.25, 0.3) is 6.08 Å². The molecule has 8 nitrogen and oxygen atoms in total. The van der Waals surface area contributed by atoms with Gasteiger partial charge in [-0.1, -0.05) is 42.5 Å². The number of unbranched alkanes of at least 4 members (excludes halogenated alkanes) is 2. The fourth-order valence-electron chi connectivity index (χ4n) is 4.51. The van der Waals surface area contributed by atoms with Gasteiger partial charge in [0.2, 0.25) is 5.91 Å². The lowest BCUT2D eigenvalue weighted by molar-refractivity contribution is -0.122. The van der Waals surface area contributed by atoms with E-state index in [0.717, 1.165) is 48.1 Å². The molecule has 1 aromatic carbocycles. The minimum absolute atomic E-state index is 0.141. The van der Waals surface area contributed by atoms with Gasteiger partial charge in [0.25, 0.3) is 11.8 Å². The number of benzene rings is 1. The van der Waals surface area contributed by atoms with Gasteiger partial charge in [-0.2, -0.15) is 0 Å². The van der Waals surface area contributed by atoms with Crippen molar-refractivity contribution in [3.8, 4) is 0 Å². The molecule has 0 spiro atoms. The maximum atomic E-state index is 12.9.